The minimum Gasteiger partial charge on any atom is -0.311 e. The molecule has 3 nitrogen and oxygen atoms in total. The molecule has 0 aliphatic rings. The molecule has 0 saturated carbocycles. The smallest absolute Gasteiger partial charge is 0.125 e. The van der Waals surface area contributed by atoms with Gasteiger partial charge in [-0.2, -0.15) is 0 Å². The summed E-state index contributed by atoms with van der Waals surface area (Å²) < 4.78 is 0. The molecule has 0 aliphatic carbocycles. The van der Waals surface area contributed by atoms with Gasteiger partial charge in [-0.1, -0.05) is 20.8 Å². The predicted molar refractivity (Wildman–Crippen MR) is 62.5 cm³/mol. The summed E-state index contributed by atoms with van der Waals surface area (Å²) in [6.07, 6.45) is 2.99. The summed E-state index contributed by atoms with van der Waals surface area (Å²) in [5.41, 5.74) is 1.46. The van der Waals surface area contributed by atoms with Crippen molar-refractivity contribution in [3.63, 3.8) is 0 Å². The first-order valence-electron chi connectivity index (χ1n) is 5.47. The molecule has 0 bridgehead atoms. The molecule has 1 aromatic heterocycles. The van der Waals surface area contributed by atoms with Crippen LogP contribution in [0, 0.1) is 12.3 Å². The van der Waals surface area contributed by atoms with Crippen LogP contribution in [0.3, 0.4) is 0 Å². The van der Waals surface area contributed by atoms with E-state index in [2.05, 4.69) is 36.1 Å². The van der Waals surface area contributed by atoms with Crippen molar-refractivity contribution in [2.45, 2.75) is 40.7 Å². The van der Waals surface area contributed by atoms with Crippen molar-refractivity contribution in [1.29, 1.82) is 0 Å². The second-order valence-corrected chi connectivity index (χ2v) is 5.08. The Morgan fingerprint density at radius 1 is 1.33 bits per heavy atom. The van der Waals surface area contributed by atoms with Gasteiger partial charge in [-0.05, 0) is 31.4 Å². The molecule has 0 unspecified atom stereocenters. The van der Waals surface area contributed by atoms with E-state index in [9.17, 15) is 0 Å². The Kier molecular flexibility index (Phi) is 4.21. The Labute approximate surface area is 92.3 Å². The minimum absolute atomic E-state index is 0.397. The lowest BCUT2D eigenvalue weighted by Crippen LogP contribution is -2.20. The van der Waals surface area contributed by atoms with Crippen LogP contribution < -0.4 is 5.32 Å². The zero-order valence-electron chi connectivity index (χ0n) is 10.2. The van der Waals surface area contributed by atoms with Gasteiger partial charge in [-0.25, -0.2) is 9.97 Å². The highest BCUT2D eigenvalue weighted by molar-refractivity contribution is 5.00. The maximum Gasteiger partial charge on any atom is 0.125 e. The highest BCUT2D eigenvalue weighted by Gasteiger charge is 2.08. The Bertz CT molecular complexity index is 302. The normalized spacial score (nSPS) is 11.7. The van der Waals surface area contributed by atoms with E-state index in [0.717, 1.165) is 24.6 Å². The van der Waals surface area contributed by atoms with Gasteiger partial charge in [0.05, 0.1) is 5.69 Å². The molecule has 0 aromatic carbocycles. The van der Waals surface area contributed by atoms with Crippen LogP contribution in [0.25, 0.3) is 0 Å². The van der Waals surface area contributed by atoms with E-state index in [-0.39, 0.29) is 0 Å². The van der Waals surface area contributed by atoms with Gasteiger partial charge in [-0.15, -0.1) is 0 Å². The maximum atomic E-state index is 4.33. The molecule has 1 heterocycles. The maximum absolute atomic E-state index is 4.33. The van der Waals surface area contributed by atoms with Gasteiger partial charge in [0.2, 0.25) is 0 Å². The molecule has 0 amide bonds. The third-order valence-electron chi connectivity index (χ3n) is 2.19. The average Bonchev–Trinajstić information content (AvgIpc) is 2.11. The summed E-state index contributed by atoms with van der Waals surface area (Å²) in [6, 6.07) is 1.96. The van der Waals surface area contributed by atoms with Crippen LogP contribution in [0.1, 0.15) is 38.7 Å². The topological polar surface area (TPSA) is 37.8 Å². The number of rotatable bonds is 4. The summed E-state index contributed by atoms with van der Waals surface area (Å²) in [7, 11) is 0. The summed E-state index contributed by atoms with van der Waals surface area (Å²) >= 11 is 0. The van der Waals surface area contributed by atoms with Crippen molar-refractivity contribution >= 4 is 0 Å². The lowest BCUT2D eigenvalue weighted by Gasteiger charge is -2.17. The van der Waals surface area contributed by atoms with Gasteiger partial charge < -0.3 is 5.32 Å². The molecule has 1 N–H and O–H groups in total. The fourth-order valence-corrected chi connectivity index (χ4v) is 1.28. The fourth-order valence-electron chi connectivity index (χ4n) is 1.28. The average molecular weight is 207 g/mol. The first kappa shape index (κ1) is 12.1. The summed E-state index contributed by atoms with van der Waals surface area (Å²) in [6.45, 7) is 10.5. The number of hydrogen-bond acceptors (Lipinski definition) is 3. The van der Waals surface area contributed by atoms with Gasteiger partial charge in [0.15, 0.2) is 0 Å². The van der Waals surface area contributed by atoms with Crippen molar-refractivity contribution < 1.29 is 0 Å². The Hall–Kier alpha value is -0.960. The number of nitrogens with one attached hydrogen (secondary N) is 1. The molecule has 1 aromatic rings. The van der Waals surface area contributed by atoms with Crippen molar-refractivity contribution in [3.05, 3.63) is 23.8 Å². The summed E-state index contributed by atoms with van der Waals surface area (Å²) in [4.78, 5) is 8.40. The van der Waals surface area contributed by atoms with Gasteiger partial charge in [-0.3, -0.25) is 0 Å². The van der Waals surface area contributed by atoms with Crippen molar-refractivity contribution in [3.8, 4) is 0 Å². The zero-order chi connectivity index (χ0) is 11.3. The first-order valence-corrected chi connectivity index (χ1v) is 5.47. The lowest BCUT2D eigenvalue weighted by atomic mass is 9.92. The number of aromatic nitrogens is 2. The van der Waals surface area contributed by atoms with Gasteiger partial charge in [0.25, 0.3) is 0 Å². The monoisotopic (exact) mass is 207 g/mol. The largest absolute Gasteiger partial charge is 0.311 e. The van der Waals surface area contributed by atoms with Crippen LogP contribution in [0.15, 0.2) is 12.3 Å². The van der Waals surface area contributed by atoms with Crippen LogP contribution in [0.2, 0.25) is 0 Å². The number of aryl methyl sites for hydroxylation is 1. The quantitative estimate of drug-likeness (QED) is 0.770. The highest BCUT2D eigenvalue weighted by atomic mass is 14.9. The van der Waals surface area contributed by atoms with E-state index in [4.69, 9.17) is 0 Å². The SMILES string of the molecule is Cc1nccc(CNCCC(C)(C)C)n1. The van der Waals surface area contributed by atoms with E-state index in [0.29, 0.717) is 5.41 Å². The fraction of sp³-hybridized carbons (Fsp3) is 0.667. The van der Waals surface area contributed by atoms with Crippen molar-refractivity contribution in [1.82, 2.24) is 15.3 Å². The molecule has 0 aliphatic heterocycles. The van der Waals surface area contributed by atoms with Crippen LogP contribution in [0.4, 0.5) is 0 Å². The van der Waals surface area contributed by atoms with Crippen molar-refractivity contribution in [2.24, 2.45) is 5.41 Å². The van der Waals surface area contributed by atoms with E-state index >= 15 is 0 Å². The van der Waals surface area contributed by atoms with E-state index < -0.39 is 0 Å². The van der Waals surface area contributed by atoms with Crippen LogP contribution in [-0.2, 0) is 6.54 Å². The summed E-state index contributed by atoms with van der Waals surface area (Å²) in [5.74, 6) is 0.838. The van der Waals surface area contributed by atoms with Crippen LogP contribution in [-0.4, -0.2) is 16.5 Å². The molecule has 15 heavy (non-hydrogen) atoms. The Balaban J connectivity index is 2.26. The molecular formula is C12H21N3. The molecule has 0 atom stereocenters. The summed E-state index contributed by atoms with van der Waals surface area (Å²) in [5, 5.41) is 3.40. The zero-order valence-corrected chi connectivity index (χ0v) is 10.2. The second-order valence-electron chi connectivity index (χ2n) is 5.08. The number of hydrogen-bond donors (Lipinski definition) is 1. The molecule has 0 spiro atoms. The third-order valence-corrected chi connectivity index (χ3v) is 2.19. The third kappa shape index (κ3) is 5.47. The molecule has 0 saturated heterocycles. The molecule has 3 heteroatoms. The van der Waals surface area contributed by atoms with Gasteiger partial charge in [0, 0.05) is 12.7 Å². The molecular weight excluding hydrogens is 186 g/mol. The molecule has 84 valence electrons. The molecule has 0 radical (unpaired) electrons. The highest BCUT2D eigenvalue weighted by Crippen LogP contribution is 2.16. The van der Waals surface area contributed by atoms with Gasteiger partial charge >= 0.3 is 0 Å². The Morgan fingerprint density at radius 3 is 2.67 bits per heavy atom. The van der Waals surface area contributed by atoms with E-state index in [1.165, 1.54) is 6.42 Å². The molecule has 0 fully saturated rings. The van der Waals surface area contributed by atoms with Gasteiger partial charge in [0.1, 0.15) is 5.82 Å². The second kappa shape index (κ2) is 5.21. The standard InChI is InChI=1S/C12H21N3/c1-10-14-7-5-11(15-10)9-13-8-6-12(2,3)4/h5,7,13H,6,8-9H2,1-4H3. The Morgan fingerprint density at radius 2 is 2.07 bits per heavy atom. The van der Waals surface area contributed by atoms with E-state index in [1.807, 2.05) is 19.2 Å². The predicted octanol–water partition coefficient (Wildman–Crippen LogP) is 2.31. The minimum atomic E-state index is 0.397. The van der Waals surface area contributed by atoms with Crippen LogP contribution >= 0.6 is 0 Å². The van der Waals surface area contributed by atoms with Crippen LogP contribution in [0.5, 0.6) is 0 Å². The lowest BCUT2D eigenvalue weighted by molar-refractivity contribution is 0.366. The van der Waals surface area contributed by atoms with E-state index in [1.54, 1.807) is 0 Å². The molecule has 1 rings (SSSR count). The number of nitrogens with zero attached hydrogens (tertiary/aromatic N) is 2. The van der Waals surface area contributed by atoms with Crippen molar-refractivity contribution in [2.75, 3.05) is 6.54 Å². The first-order chi connectivity index (χ1) is 6.97.